The summed E-state index contributed by atoms with van der Waals surface area (Å²) in [7, 11) is 4.16. The van der Waals surface area contributed by atoms with Gasteiger partial charge < -0.3 is 20.3 Å². The number of ether oxygens (including phenoxy) is 1. The van der Waals surface area contributed by atoms with Crippen molar-refractivity contribution in [1.29, 1.82) is 0 Å². The van der Waals surface area contributed by atoms with Crippen LogP contribution in [0.1, 0.15) is 46.5 Å². The number of hydrogen-bond acceptors (Lipinski definition) is 4. The first-order valence-electron chi connectivity index (χ1n) is 7.64. The Labute approximate surface area is 123 Å². The molecule has 1 saturated carbocycles. The zero-order valence-corrected chi connectivity index (χ0v) is 13.7. The van der Waals surface area contributed by atoms with Crippen molar-refractivity contribution in [2.75, 3.05) is 27.2 Å². The van der Waals surface area contributed by atoms with E-state index in [2.05, 4.69) is 29.6 Å². The molecule has 1 rings (SSSR count). The molecule has 0 bridgehead atoms. The first kappa shape index (κ1) is 17.2. The highest BCUT2D eigenvalue weighted by molar-refractivity contribution is 5.68. The van der Waals surface area contributed by atoms with Gasteiger partial charge in [0, 0.05) is 25.2 Å². The summed E-state index contributed by atoms with van der Waals surface area (Å²) < 4.78 is 5.31. The Morgan fingerprint density at radius 1 is 1.25 bits per heavy atom. The molecule has 0 heterocycles. The van der Waals surface area contributed by atoms with Crippen molar-refractivity contribution in [2.24, 2.45) is 0 Å². The zero-order valence-electron chi connectivity index (χ0n) is 13.7. The molecule has 2 N–H and O–H groups in total. The van der Waals surface area contributed by atoms with Crippen molar-refractivity contribution in [1.82, 2.24) is 15.5 Å². The van der Waals surface area contributed by atoms with Crippen LogP contribution < -0.4 is 10.6 Å². The lowest BCUT2D eigenvalue weighted by atomic mass is 9.91. The monoisotopic (exact) mass is 285 g/mol. The van der Waals surface area contributed by atoms with E-state index in [9.17, 15) is 4.79 Å². The minimum absolute atomic E-state index is 0.232. The van der Waals surface area contributed by atoms with Gasteiger partial charge in [-0.05, 0) is 60.5 Å². The van der Waals surface area contributed by atoms with Crippen LogP contribution >= 0.6 is 0 Å². The van der Waals surface area contributed by atoms with Crippen LogP contribution in [0.4, 0.5) is 4.79 Å². The van der Waals surface area contributed by atoms with Crippen LogP contribution in [0.5, 0.6) is 0 Å². The van der Waals surface area contributed by atoms with Gasteiger partial charge in [0.15, 0.2) is 0 Å². The zero-order chi connectivity index (χ0) is 15.2. The van der Waals surface area contributed by atoms with Crippen LogP contribution in [-0.2, 0) is 4.74 Å². The number of hydrogen-bond donors (Lipinski definition) is 2. The predicted molar refractivity (Wildman–Crippen MR) is 82.0 cm³/mol. The number of alkyl carbamates (subject to hydrolysis) is 1. The fourth-order valence-corrected chi connectivity index (χ4v) is 2.47. The van der Waals surface area contributed by atoms with Crippen LogP contribution in [0, 0.1) is 0 Å². The number of carbonyl (C=O) groups is 1. The Hall–Kier alpha value is -0.810. The topological polar surface area (TPSA) is 53.6 Å². The van der Waals surface area contributed by atoms with Crippen LogP contribution in [0.3, 0.4) is 0 Å². The maximum atomic E-state index is 11.8. The Kier molecular flexibility index (Phi) is 6.76. The molecule has 1 fully saturated rings. The van der Waals surface area contributed by atoms with Crippen LogP contribution in [0.2, 0.25) is 0 Å². The van der Waals surface area contributed by atoms with Gasteiger partial charge >= 0.3 is 6.09 Å². The van der Waals surface area contributed by atoms with Gasteiger partial charge in [0.05, 0.1) is 0 Å². The lowest BCUT2D eigenvalue weighted by Crippen LogP contribution is -2.46. The van der Waals surface area contributed by atoms with E-state index in [0.29, 0.717) is 6.04 Å². The quantitative estimate of drug-likeness (QED) is 0.811. The average Bonchev–Trinajstić information content (AvgIpc) is 2.26. The molecule has 0 radical (unpaired) electrons. The Morgan fingerprint density at radius 3 is 2.50 bits per heavy atom. The SMILES string of the molecule is CN(C)CCNC1CCCC(NC(=O)OC(C)(C)C)C1. The number of nitrogens with zero attached hydrogens (tertiary/aromatic N) is 1. The first-order valence-corrected chi connectivity index (χ1v) is 7.64. The Morgan fingerprint density at radius 2 is 1.90 bits per heavy atom. The van der Waals surface area contributed by atoms with Crippen molar-refractivity contribution in [2.45, 2.75) is 64.1 Å². The summed E-state index contributed by atoms with van der Waals surface area (Å²) in [4.78, 5) is 13.9. The van der Waals surface area contributed by atoms with Gasteiger partial charge in [-0.2, -0.15) is 0 Å². The van der Waals surface area contributed by atoms with Crippen molar-refractivity contribution in [3.8, 4) is 0 Å². The fraction of sp³-hybridized carbons (Fsp3) is 0.933. The molecule has 2 atom stereocenters. The molecule has 1 amide bonds. The molecule has 0 aliphatic heterocycles. The molecule has 2 unspecified atom stereocenters. The minimum Gasteiger partial charge on any atom is -0.444 e. The summed E-state index contributed by atoms with van der Waals surface area (Å²) in [5, 5.41) is 6.56. The van der Waals surface area contributed by atoms with Gasteiger partial charge in [-0.3, -0.25) is 0 Å². The van der Waals surface area contributed by atoms with Crippen molar-refractivity contribution >= 4 is 6.09 Å². The van der Waals surface area contributed by atoms with E-state index in [1.54, 1.807) is 0 Å². The third-order valence-electron chi connectivity index (χ3n) is 3.39. The normalized spacial score (nSPS) is 23.7. The molecule has 0 aromatic heterocycles. The number of rotatable bonds is 5. The van der Waals surface area contributed by atoms with Gasteiger partial charge in [-0.1, -0.05) is 0 Å². The predicted octanol–water partition coefficient (Wildman–Crippen LogP) is 1.97. The van der Waals surface area contributed by atoms with E-state index in [-0.39, 0.29) is 12.1 Å². The molecule has 0 aromatic carbocycles. The summed E-state index contributed by atoms with van der Waals surface area (Å²) in [5.74, 6) is 0. The lowest BCUT2D eigenvalue weighted by Gasteiger charge is -2.31. The summed E-state index contributed by atoms with van der Waals surface area (Å²) >= 11 is 0. The molecule has 1 aliphatic carbocycles. The number of nitrogens with one attached hydrogen (secondary N) is 2. The van der Waals surface area contributed by atoms with E-state index < -0.39 is 5.60 Å². The van der Waals surface area contributed by atoms with Crippen molar-refractivity contribution in [3.05, 3.63) is 0 Å². The smallest absolute Gasteiger partial charge is 0.407 e. The lowest BCUT2D eigenvalue weighted by molar-refractivity contribution is 0.0488. The maximum Gasteiger partial charge on any atom is 0.407 e. The molecule has 5 nitrogen and oxygen atoms in total. The second-order valence-electron chi connectivity index (χ2n) is 6.96. The summed E-state index contributed by atoms with van der Waals surface area (Å²) in [6.45, 7) is 7.70. The molecule has 5 heteroatoms. The summed E-state index contributed by atoms with van der Waals surface area (Å²) in [5.41, 5.74) is -0.428. The van der Waals surface area contributed by atoms with E-state index in [4.69, 9.17) is 4.74 Å². The first-order chi connectivity index (χ1) is 9.26. The molecular weight excluding hydrogens is 254 g/mol. The Bertz CT molecular complexity index is 300. The van der Waals surface area contributed by atoms with E-state index in [1.165, 1.54) is 6.42 Å². The van der Waals surface area contributed by atoms with Crippen molar-refractivity contribution in [3.63, 3.8) is 0 Å². The minimum atomic E-state index is -0.428. The highest BCUT2D eigenvalue weighted by Crippen LogP contribution is 2.19. The number of likely N-dealkylation sites (N-methyl/N-ethyl adjacent to an activating group) is 1. The van der Waals surface area contributed by atoms with Crippen LogP contribution in [-0.4, -0.2) is 55.9 Å². The maximum absolute atomic E-state index is 11.8. The molecule has 118 valence electrons. The van der Waals surface area contributed by atoms with E-state index in [1.807, 2.05) is 20.8 Å². The van der Waals surface area contributed by atoms with Crippen LogP contribution in [0.25, 0.3) is 0 Å². The standard InChI is InChI=1S/C15H31N3O2/c1-15(2,3)20-14(19)17-13-8-6-7-12(11-13)16-9-10-18(4)5/h12-13,16H,6-11H2,1-5H3,(H,17,19). The third kappa shape index (κ3) is 7.70. The molecular formula is C15H31N3O2. The highest BCUT2D eigenvalue weighted by atomic mass is 16.6. The molecule has 0 spiro atoms. The molecule has 0 aromatic rings. The van der Waals surface area contributed by atoms with Gasteiger partial charge in [-0.25, -0.2) is 4.79 Å². The van der Waals surface area contributed by atoms with Gasteiger partial charge in [-0.15, -0.1) is 0 Å². The second-order valence-corrected chi connectivity index (χ2v) is 6.96. The third-order valence-corrected chi connectivity index (χ3v) is 3.39. The highest BCUT2D eigenvalue weighted by Gasteiger charge is 2.25. The largest absolute Gasteiger partial charge is 0.444 e. The van der Waals surface area contributed by atoms with Gasteiger partial charge in [0.1, 0.15) is 5.60 Å². The number of carbonyl (C=O) groups excluding carboxylic acids is 1. The van der Waals surface area contributed by atoms with E-state index >= 15 is 0 Å². The Balaban J connectivity index is 2.28. The number of amides is 1. The molecule has 0 saturated heterocycles. The summed E-state index contributed by atoms with van der Waals surface area (Å²) in [6, 6.07) is 0.735. The van der Waals surface area contributed by atoms with Gasteiger partial charge in [0.25, 0.3) is 0 Å². The van der Waals surface area contributed by atoms with Crippen molar-refractivity contribution < 1.29 is 9.53 Å². The molecule has 20 heavy (non-hydrogen) atoms. The van der Waals surface area contributed by atoms with Gasteiger partial charge in [0.2, 0.25) is 0 Å². The van der Waals surface area contributed by atoms with Crippen LogP contribution in [0.15, 0.2) is 0 Å². The van der Waals surface area contributed by atoms with E-state index in [0.717, 1.165) is 32.4 Å². The average molecular weight is 285 g/mol. The summed E-state index contributed by atoms with van der Waals surface area (Å²) in [6.07, 6.45) is 4.09. The fourth-order valence-electron chi connectivity index (χ4n) is 2.47. The molecule has 1 aliphatic rings. The second kappa shape index (κ2) is 7.84.